The van der Waals surface area contributed by atoms with Crippen molar-refractivity contribution in [2.45, 2.75) is 31.3 Å². The fourth-order valence-electron chi connectivity index (χ4n) is 5.21. The minimum atomic E-state index is -0.326. The van der Waals surface area contributed by atoms with Crippen molar-refractivity contribution in [2.24, 2.45) is 5.10 Å². The summed E-state index contributed by atoms with van der Waals surface area (Å²) in [7, 11) is 3.90. The van der Waals surface area contributed by atoms with E-state index in [0.717, 1.165) is 29.1 Å². The van der Waals surface area contributed by atoms with E-state index in [0.29, 0.717) is 0 Å². The number of ether oxygens (including phenoxy) is 1. The third-order valence-corrected chi connectivity index (χ3v) is 6.90. The lowest BCUT2D eigenvalue weighted by Crippen LogP contribution is -2.62. The summed E-state index contributed by atoms with van der Waals surface area (Å²) in [6.45, 7) is 4.69. The molecule has 3 aromatic rings. The molecule has 0 saturated heterocycles. The molecule has 0 bridgehead atoms. The lowest BCUT2D eigenvalue weighted by Gasteiger charge is -2.48. The number of hydrazone groups is 1. The quantitative estimate of drug-likeness (QED) is 0.590. The van der Waals surface area contributed by atoms with Gasteiger partial charge in [0.15, 0.2) is 0 Å². The first-order chi connectivity index (χ1) is 14.5. The van der Waals surface area contributed by atoms with Gasteiger partial charge in [0.2, 0.25) is 0 Å². The van der Waals surface area contributed by atoms with E-state index in [1.54, 1.807) is 7.11 Å². The molecule has 0 saturated carbocycles. The number of hydrogen-bond donors (Lipinski definition) is 0. The SMILES string of the molecule is COc1ccc(C2=NN(c3ccccc3)C3(C2)N(C)c2ccccc2C3(C)C)cc1. The van der Waals surface area contributed by atoms with Crippen LogP contribution in [-0.2, 0) is 5.41 Å². The molecular weight excluding hydrogens is 370 g/mol. The molecule has 2 aliphatic heterocycles. The van der Waals surface area contributed by atoms with Gasteiger partial charge in [-0.3, -0.25) is 0 Å². The Hall–Kier alpha value is -3.27. The fraction of sp³-hybridized carbons (Fsp3) is 0.269. The van der Waals surface area contributed by atoms with Crippen LogP contribution in [0.1, 0.15) is 31.4 Å². The second-order valence-corrected chi connectivity index (χ2v) is 8.62. The minimum Gasteiger partial charge on any atom is -0.497 e. The van der Waals surface area contributed by atoms with E-state index in [1.165, 1.54) is 11.3 Å². The van der Waals surface area contributed by atoms with Crippen molar-refractivity contribution in [3.05, 3.63) is 90.0 Å². The second kappa shape index (κ2) is 6.63. The molecule has 30 heavy (non-hydrogen) atoms. The molecule has 0 fully saturated rings. The molecular formula is C26H27N3O. The highest BCUT2D eigenvalue weighted by atomic mass is 16.5. The molecule has 1 spiro atoms. The van der Waals surface area contributed by atoms with Gasteiger partial charge >= 0.3 is 0 Å². The van der Waals surface area contributed by atoms with Crippen LogP contribution in [0, 0.1) is 0 Å². The lowest BCUT2D eigenvalue weighted by molar-refractivity contribution is 0.279. The van der Waals surface area contributed by atoms with Gasteiger partial charge in [-0.15, -0.1) is 0 Å². The molecule has 1 atom stereocenters. The molecule has 0 radical (unpaired) electrons. The molecule has 3 aromatic carbocycles. The third kappa shape index (κ3) is 2.43. The zero-order valence-corrected chi connectivity index (χ0v) is 18.0. The van der Waals surface area contributed by atoms with E-state index < -0.39 is 0 Å². The molecule has 2 aliphatic rings. The zero-order valence-electron chi connectivity index (χ0n) is 18.0. The molecule has 152 valence electrons. The average molecular weight is 398 g/mol. The van der Waals surface area contributed by atoms with Crippen LogP contribution in [0.4, 0.5) is 11.4 Å². The van der Waals surface area contributed by atoms with Crippen molar-refractivity contribution in [3.8, 4) is 5.75 Å². The summed E-state index contributed by atoms with van der Waals surface area (Å²) in [5, 5.41) is 7.46. The van der Waals surface area contributed by atoms with Gasteiger partial charge in [-0.2, -0.15) is 5.10 Å². The summed E-state index contributed by atoms with van der Waals surface area (Å²) in [5.41, 5.74) is 5.50. The first kappa shape index (κ1) is 18.7. The maximum Gasteiger partial charge on any atom is 0.149 e. The summed E-state index contributed by atoms with van der Waals surface area (Å²) in [6, 6.07) is 27.5. The van der Waals surface area contributed by atoms with Gasteiger partial charge in [-0.05, 0) is 53.6 Å². The van der Waals surface area contributed by atoms with Crippen LogP contribution in [0.3, 0.4) is 0 Å². The molecule has 4 nitrogen and oxygen atoms in total. The Morgan fingerprint density at radius 1 is 0.867 bits per heavy atom. The number of methoxy groups -OCH3 is 1. The van der Waals surface area contributed by atoms with E-state index in [9.17, 15) is 0 Å². The van der Waals surface area contributed by atoms with Crippen molar-refractivity contribution in [3.63, 3.8) is 0 Å². The van der Waals surface area contributed by atoms with Crippen LogP contribution in [-0.4, -0.2) is 25.5 Å². The van der Waals surface area contributed by atoms with Gasteiger partial charge in [-0.1, -0.05) is 50.2 Å². The summed E-state index contributed by atoms with van der Waals surface area (Å²) in [4.78, 5) is 2.43. The number of likely N-dealkylation sites (N-methyl/N-ethyl adjacent to an activating group) is 1. The number of nitrogens with zero attached hydrogens (tertiary/aromatic N) is 3. The Labute approximate surface area is 178 Å². The van der Waals surface area contributed by atoms with E-state index in [2.05, 4.69) is 97.5 Å². The third-order valence-electron chi connectivity index (χ3n) is 6.90. The highest BCUT2D eigenvalue weighted by Gasteiger charge is 2.62. The van der Waals surface area contributed by atoms with Gasteiger partial charge in [0.25, 0.3) is 0 Å². The topological polar surface area (TPSA) is 28.1 Å². The smallest absolute Gasteiger partial charge is 0.149 e. The summed E-state index contributed by atoms with van der Waals surface area (Å²) in [5.74, 6) is 0.859. The predicted molar refractivity (Wildman–Crippen MR) is 124 cm³/mol. The molecule has 0 amide bonds. The molecule has 5 rings (SSSR count). The maximum absolute atomic E-state index is 5.35. The van der Waals surface area contributed by atoms with Crippen molar-refractivity contribution in [1.82, 2.24) is 0 Å². The van der Waals surface area contributed by atoms with Gasteiger partial charge < -0.3 is 9.64 Å². The zero-order chi connectivity index (χ0) is 20.9. The van der Waals surface area contributed by atoms with Crippen molar-refractivity contribution < 1.29 is 4.74 Å². The Morgan fingerprint density at radius 3 is 2.20 bits per heavy atom. The van der Waals surface area contributed by atoms with Crippen LogP contribution >= 0.6 is 0 Å². The summed E-state index contributed by atoms with van der Waals surface area (Å²) < 4.78 is 5.35. The average Bonchev–Trinajstić information content (AvgIpc) is 3.28. The summed E-state index contributed by atoms with van der Waals surface area (Å²) in [6.07, 6.45) is 0.826. The van der Waals surface area contributed by atoms with Crippen molar-refractivity contribution in [1.29, 1.82) is 0 Å². The predicted octanol–water partition coefficient (Wildman–Crippen LogP) is 5.43. The molecule has 0 aromatic heterocycles. The first-order valence-electron chi connectivity index (χ1n) is 10.4. The number of para-hydroxylation sites is 2. The van der Waals surface area contributed by atoms with Crippen LogP contribution in [0.2, 0.25) is 0 Å². The normalized spacial score (nSPS) is 21.7. The number of hydrogen-bond acceptors (Lipinski definition) is 4. The van der Waals surface area contributed by atoms with E-state index >= 15 is 0 Å². The fourth-order valence-corrected chi connectivity index (χ4v) is 5.21. The maximum atomic E-state index is 5.35. The van der Waals surface area contributed by atoms with Gasteiger partial charge in [0, 0.05) is 24.6 Å². The van der Waals surface area contributed by atoms with Gasteiger partial charge in [-0.25, -0.2) is 5.01 Å². The van der Waals surface area contributed by atoms with Crippen LogP contribution in [0.5, 0.6) is 5.75 Å². The van der Waals surface area contributed by atoms with Crippen molar-refractivity contribution in [2.75, 3.05) is 24.1 Å². The Balaban J connectivity index is 1.68. The van der Waals surface area contributed by atoms with Gasteiger partial charge in [0.1, 0.15) is 11.4 Å². The number of fused-ring (bicyclic) bond motifs is 1. The largest absolute Gasteiger partial charge is 0.497 e. The molecule has 1 unspecified atom stereocenters. The minimum absolute atomic E-state index is 0.133. The second-order valence-electron chi connectivity index (χ2n) is 8.62. The Bertz CT molecular complexity index is 1100. The van der Waals surface area contributed by atoms with E-state index in [-0.39, 0.29) is 11.1 Å². The van der Waals surface area contributed by atoms with Crippen molar-refractivity contribution >= 4 is 17.1 Å². The van der Waals surface area contributed by atoms with Gasteiger partial charge in [0.05, 0.1) is 18.5 Å². The first-order valence-corrected chi connectivity index (χ1v) is 10.4. The lowest BCUT2D eigenvalue weighted by atomic mass is 9.73. The molecule has 0 N–H and O–H groups in total. The van der Waals surface area contributed by atoms with Crippen LogP contribution in [0.25, 0.3) is 0 Å². The van der Waals surface area contributed by atoms with E-state index in [1.807, 2.05) is 12.1 Å². The highest BCUT2D eigenvalue weighted by molar-refractivity contribution is 6.05. The standard InChI is InChI=1S/C26H27N3O/c1-25(2)22-12-8-9-13-24(22)28(3)26(25)18-23(19-14-16-21(30-4)17-15-19)27-29(26)20-10-6-5-7-11-20/h5-17H,18H2,1-4H3. The Morgan fingerprint density at radius 2 is 1.53 bits per heavy atom. The number of benzene rings is 3. The number of rotatable bonds is 3. The van der Waals surface area contributed by atoms with Crippen LogP contribution in [0.15, 0.2) is 84.0 Å². The highest BCUT2D eigenvalue weighted by Crippen LogP contribution is 2.57. The monoisotopic (exact) mass is 397 g/mol. The molecule has 4 heteroatoms. The Kier molecular flexibility index (Phi) is 4.14. The summed E-state index contributed by atoms with van der Waals surface area (Å²) >= 11 is 0. The number of anilines is 2. The molecule has 2 heterocycles. The van der Waals surface area contributed by atoms with Crippen LogP contribution < -0.4 is 14.6 Å². The van der Waals surface area contributed by atoms with E-state index in [4.69, 9.17) is 9.84 Å². The molecule has 0 aliphatic carbocycles.